The van der Waals surface area contributed by atoms with Gasteiger partial charge in [-0.2, -0.15) is 0 Å². The summed E-state index contributed by atoms with van der Waals surface area (Å²) in [4.78, 5) is 35.2. The average molecular weight is 483 g/mol. The van der Waals surface area contributed by atoms with Gasteiger partial charge in [0.05, 0.1) is 21.9 Å². The molecule has 6 nitrogen and oxygen atoms in total. The van der Waals surface area contributed by atoms with Crippen molar-refractivity contribution in [2.75, 3.05) is 0 Å². The van der Waals surface area contributed by atoms with E-state index in [1.54, 1.807) is 6.07 Å². The van der Waals surface area contributed by atoms with E-state index in [2.05, 4.69) is 4.90 Å². The standard InChI is InChI=1S/C30H34N4O2/c35-29-24-12-6-7-13-25(24)31-28-30(36)33(26-14-8-9-15-27(26)34(28)29)23-18-21-16-17-22(19-23)32(21)20-10-4-2-1-3-5-11-20/h6-9,12-15,20-23H,1-5,10-11,16-19H2/t21-,22+,23+. The third kappa shape index (κ3) is 3.45. The van der Waals surface area contributed by atoms with Gasteiger partial charge in [-0.1, -0.05) is 56.4 Å². The molecule has 0 unspecified atom stereocenters. The Bertz CT molecular complexity index is 1550. The molecule has 0 N–H and O–H groups in total. The average Bonchev–Trinajstić information content (AvgIpc) is 3.13. The summed E-state index contributed by atoms with van der Waals surface area (Å²) >= 11 is 0. The summed E-state index contributed by atoms with van der Waals surface area (Å²) in [7, 11) is 0. The summed E-state index contributed by atoms with van der Waals surface area (Å²) in [5.74, 6) is 0. The third-order valence-corrected chi connectivity index (χ3v) is 9.19. The Morgan fingerprint density at radius 1 is 0.639 bits per heavy atom. The molecule has 2 bridgehead atoms. The van der Waals surface area contributed by atoms with Crippen LogP contribution < -0.4 is 11.1 Å². The minimum atomic E-state index is -0.171. The van der Waals surface area contributed by atoms with Crippen LogP contribution in [-0.4, -0.2) is 37.0 Å². The molecule has 1 saturated carbocycles. The van der Waals surface area contributed by atoms with Crippen LogP contribution in [0.2, 0.25) is 0 Å². The van der Waals surface area contributed by atoms with Crippen LogP contribution >= 0.6 is 0 Å². The quantitative estimate of drug-likeness (QED) is 0.282. The number of rotatable bonds is 2. The van der Waals surface area contributed by atoms with E-state index in [1.807, 2.05) is 47.0 Å². The summed E-state index contributed by atoms with van der Waals surface area (Å²) < 4.78 is 3.53. The molecule has 3 fully saturated rings. The van der Waals surface area contributed by atoms with Gasteiger partial charge < -0.3 is 4.57 Å². The molecular weight excluding hydrogens is 448 g/mol. The van der Waals surface area contributed by atoms with Gasteiger partial charge in [0.1, 0.15) is 0 Å². The van der Waals surface area contributed by atoms with Gasteiger partial charge in [0, 0.05) is 24.2 Å². The highest BCUT2D eigenvalue weighted by Crippen LogP contribution is 2.44. The lowest BCUT2D eigenvalue weighted by atomic mass is 9.89. The molecule has 3 atom stereocenters. The molecule has 36 heavy (non-hydrogen) atoms. The van der Waals surface area contributed by atoms with Crippen LogP contribution in [0.1, 0.15) is 76.7 Å². The van der Waals surface area contributed by atoms with Crippen molar-refractivity contribution >= 4 is 27.6 Å². The van der Waals surface area contributed by atoms with Crippen molar-refractivity contribution < 1.29 is 0 Å². The summed E-state index contributed by atoms with van der Waals surface area (Å²) in [6.07, 6.45) is 14.0. The van der Waals surface area contributed by atoms with E-state index in [4.69, 9.17) is 4.98 Å². The van der Waals surface area contributed by atoms with E-state index in [0.717, 1.165) is 23.9 Å². The van der Waals surface area contributed by atoms with Crippen LogP contribution in [0.25, 0.3) is 27.6 Å². The number of fused-ring (bicyclic) bond motifs is 6. The first-order chi connectivity index (χ1) is 17.7. The van der Waals surface area contributed by atoms with Gasteiger partial charge >= 0.3 is 0 Å². The molecule has 7 rings (SSSR count). The highest BCUT2D eigenvalue weighted by Gasteiger charge is 2.44. The smallest absolute Gasteiger partial charge is 0.295 e. The van der Waals surface area contributed by atoms with Crippen molar-refractivity contribution in [3.8, 4) is 0 Å². The molecule has 4 heterocycles. The predicted molar refractivity (Wildman–Crippen MR) is 144 cm³/mol. The maximum atomic E-state index is 14.1. The molecule has 2 aromatic heterocycles. The van der Waals surface area contributed by atoms with Crippen molar-refractivity contribution in [2.45, 2.75) is 94.8 Å². The fraction of sp³-hybridized carbons (Fsp3) is 0.500. The Morgan fingerprint density at radius 3 is 2.03 bits per heavy atom. The second-order valence-corrected chi connectivity index (χ2v) is 11.2. The molecule has 0 amide bonds. The first-order valence-corrected chi connectivity index (χ1v) is 13.9. The van der Waals surface area contributed by atoms with Crippen LogP contribution in [0.4, 0.5) is 0 Å². The highest BCUT2D eigenvalue weighted by atomic mass is 16.1. The van der Waals surface area contributed by atoms with Gasteiger partial charge in [0.25, 0.3) is 11.1 Å². The largest absolute Gasteiger partial charge is 0.300 e. The van der Waals surface area contributed by atoms with Gasteiger partial charge in [0.2, 0.25) is 5.65 Å². The Labute approximate surface area is 210 Å². The summed E-state index contributed by atoms with van der Waals surface area (Å²) in [5, 5.41) is 0.544. The van der Waals surface area contributed by atoms with Crippen LogP contribution in [0.5, 0.6) is 0 Å². The molecule has 2 aromatic carbocycles. The Balaban J connectivity index is 1.34. The van der Waals surface area contributed by atoms with Crippen molar-refractivity contribution in [1.29, 1.82) is 0 Å². The second-order valence-electron chi connectivity index (χ2n) is 11.2. The van der Waals surface area contributed by atoms with Crippen molar-refractivity contribution in [3.05, 3.63) is 69.2 Å². The van der Waals surface area contributed by atoms with Crippen molar-refractivity contribution in [3.63, 3.8) is 0 Å². The molecule has 6 heteroatoms. The van der Waals surface area contributed by atoms with E-state index in [9.17, 15) is 9.59 Å². The lowest BCUT2D eigenvalue weighted by Crippen LogP contribution is -2.50. The van der Waals surface area contributed by atoms with E-state index in [1.165, 1.54) is 62.2 Å². The molecule has 2 aliphatic heterocycles. The SMILES string of the molecule is O=c1c2nc3ccccc3c(=O)n2c2ccccc2n1[C@H]1C[C@H]2CC[C@@H](C1)N2C1CCCCCCC1. The molecule has 1 aliphatic carbocycles. The molecule has 3 aliphatic rings. The highest BCUT2D eigenvalue weighted by molar-refractivity contribution is 5.84. The molecular formula is C30H34N4O2. The minimum Gasteiger partial charge on any atom is -0.300 e. The second kappa shape index (κ2) is 8.84. The number of piperidine rings is 1. The minimum absolute atomic E-state index is 0.137. The number of aromatic nitrogens is 3. The lowest BCUT2D eigenvalue weighted by molar-refractivity contribution is 0.0498. The van der Waals surface area contributed by atoms with Crippen molar-refractivity contribution in [1.82, 2.24) is 18.9 Å². The van der Waals surface area contributed by atoms with E-state index >= 15 is 0 Å². The van der Waals surface area contributed by atoms with Gasteiger partial charge in [0.15, 0.2) is 0 Å². The zero-order valence-electron chi connectivity index (χ0n) is 20.8. The first kappa shape index (κ1) is 22.2. The predicted octanol–water partition coefficient (Wildman–Crippen LogP) is 5.44. The molecule has 2 saturated heterocycles. The lowest BCUT2D eigenvalue weighted by Gasteiger charge is -2.45. The van der Waals surface area contributed by atoms with Crippen LogP contribution in [-0.2, 0) is 0 Å². The maximum Gasteiger partial charge on any atom is 0.295 e. The van der Waals surface area contributed by atoms with Gasteiger partial charge in [-0.15, -0.1) is 0 Å². The normalized spacial score (nSPS) is 25.9. The fourth-order valence-electron chi connectivity index (χ4n) is 7.66. The van der Waals surface area contributed by atoms with Crippen LogP contribution in [0, 0.1) is 0 Å². The fourth-order valence-corrected chi connectivity index (χ4v) is 7.66. The van der Waals surface area contributed by atoms with Gasteiger partial charge in [-0.25, -0.2) is 4.98 Å². The van der Waals surface area contributed by atoms with Gasteiger partial charge in [-0.3, -0.25) is 18.9 Å². The molecule has 0 radical (unpaired) electrons. The topological polar surface area (TPSA) is 59.6 Å². The number of nitrogens with zero attached hydrogens (tertiary/aromatic N) is 4. The summed E-state index contributed by atoms with van der Waals surface area (Å²) in [6.45, 7) is 0. The Hall–Kier alpha value is -2.99. The summed E-state index contributed by atoms with van der Waals surface area (Å²) in [6, 6.07) is 17.1. The molecule has 4 aromatic rings. The van der Waals surface area contributed by atoms with E-state index in [0.29, 0.717) is 29.0 Å². The first-order valence-electron chi connectivity index (χ1n) is 13.9. The maximum absolute atomic E-state index is 14.1. The number of para-hydroxylation sites is 3. The third-order valence-electron chi connectivity index (χ3n) is 9.19. The Morgan fingerprint density at radius 2 is 1.28 bits per heavy atom. The zero-order chi connectivity index (χ0) is 24.2. The van der Waals surface area contributed by atoms with Gasteiger partial charge in [-0.05, 0) is 62.8 Å². The van der Waals surface area contributed by atoms with E-state index < -0.39 is 0 Å². The van der Waals surface area contributed by atoms with Crippen LogP contribution in [0.15, 0.2) is 58.1 Å². The monoisotopic (exact) mass is 482 g/mol. The molecule has 186 valence electrons. The zero-order valence-corrected chi connectivity index (χ0v) is 20.8. The van der Waals surface area contributed by atoms with E-state index in [-0.39, 0.29) is 22.8 Å². The number of hydrogen-bond donors (Lipinski definition) is 0. The Kier molecular flexibility index (Phi) is 5.46. The van der Waals surface area contributed by atoms with Crippen molar-refractivity contribution in [2.24, 2.45) is 0 Å². The number of benzene rings is 2. The number of hydrogen-bond acceptors (Lipinski definition) is 4. The summed E-state index contributed by atoms with van der Waals surface area (Å²) in [5.41, 5.74) is 2.13. The van der Waals surface area contributed by atoms with Crippen LogP contribution in [0.3, 0.4) is 0 Å². The molecule has 0 spiro atoms.